The molecule has 0 aromatic heterocycles. The molecule has 3 atom stereocenters. The maximum absolute atomic E-state index is 12.9. The number of benzene rings is 2. The Morgan fingerprint density at radius 2 is 1.69 bits per heavy atom. The molecule has 2 aromatic carbocycles. The highest BCUT2D eigenvalue weighted by Crippen LogP contribution is 2.45. The Kier molecular flexibility index (Phi) is 5.63. The van der Waals surface area contributed by atoms with Crippen molar-refractivity contribution in [3.05, 3.63) is 77.4 Å². The number of hydrogen-bond acceptors (Lipinski definition) is 1. The third kappa shape index (κ3) is 4.32. The molecule has 0 spiro atoms. The summed E-state index contributed by atoms with van der Waals surface area (Å²) in [5, 5.41) is 3.10. The third-order valence-corrected chi connectivity index (χ3v) is 6.74. The van der Waals surface area contributed by atoms with Crippen LogP contribution in [0.2, 0.25) is 0 Å². The lowest BCUT2D eigenvalue weighted by atomic mass is 9.66. The summed E-state index contributed by atoms with van der Waals surface area (Å²) in [7, 11) is 0. The lowest BCUT2D eigenvalue weighted by Gasteiger charge is -2.38. The van der Waals surface area contributed by atoms with Crippen LogP contribution in [-0.4, -0.2) is 5.91 Å². The van der Waals surface area contributed by atoms with Gasteiger partial charge in [0.15, 0.2) is 0 Å². The Labute approximate surface area is 175 Å². The Morgan fingerprint density at radius 1 is 0.966 bits per heavy atom. The van der Waals surface area contributed by atoms with Crippen LogP contribution in [0.3, 0.4) is 0 Å². The van der Waals surface area contributed by atoms with E-state index in [9.17, 15) is 4.79 Å². The van der Waals surface area contributed by atoms with Crippen molar-refractivity contribution in [2.75, 3.05) is 5.32 Å². The summed E-state index contributed by atoms with van der Waals surface area (Å²) in [6.07, 6.45) is 11.5. The van der Waals surface area contributed by atoms with Gasteiger partial charge in [-0.05, 0) is 65.8 Å². The zero-order valence-electron chi connectivity index (χ0n) is 17.9. The number of allylic oxidation sites excluding steroid dienone is 2. The highest BCUT2D eigenvalue weighted by atomic mass is 16.1. The van der Waals surface area contributed by atoms with Crippen LogP contribution < -0.4 is 5.32 Å². The number of amides is 1. The fourth-order valence-electron chi connectivity index (χ4n) is 5.22. The van der Waals surface area contributed by atoms with Crippen LogP contribution in [0.4, 0.5) is 5.69 Å². The number of fused-ring (bicyclic) bond motifs is 1. The summed E-state index contributed by atoms with van der Waals surface area (Å²) in [5.74, 6) is 2.13. The summed E-state index contributed by atoms with van der Waals surface area (Å²) in [4.78, 5) is 12.9. The summed E-state index contributed by atoms with van der Waals surface area (Å²) in [5.41, 5.74) is 4.00. The monoisotopic (exact) mass is 387 g/mol. The molecule has 0 heterocycles. The molecule has 3 unspecified atom stereocenters. The highest BCUT2D eigenvalue weighted by molar-refractivity contribution is 6.05. The standard InChI is InChI=1S/C27H33NO/c1-27(2,3)25-14-7-6-12-24(25)26(29)28-21-17-15-20(16-18-21)23-13-8-10-19-9-4-5-11-22(19)23/h6-8,12-19,22-23H,4-5,9-11H2,1-3H3,(H,28,29). The van der Waals surface area contributed by atoms with E-state index >= 15 is 0 Å². The lowest BCUT2D eigenvalue weighted by Crippen LogP contribution is -2.27. The molecule has 0 radical (unpaired) electrons. The van der Waals surface area contributed by atoms with E-state index < -0.39 is 0 Å². The summed E-state index contributed by atoms with van der Waals surface area (Å²) in [6, 6.07) is 16.4. The van der Waals surface area contributed by atoms with Gasteiger partial charge in [0, 0.05) is 17.2 Å². The van der Waals surface area contributed by atoms with Crippen LogP contribution in [0, 0.1) is 11.8 Å². The normalized spacial score (nSPS) is 24.0. The van der Waals surface area contributed by atoms with Gasteiger partial charge in [-0.1, -0.05) is 76.1 Å². The first kappa shape index (κ1) is 19.9. The fourth-order valence-corrected chi connectivity index (χ4v) is 5.22. The van der Waals surface area contributed by atoms with Crippen molar-refractivity contribution in [2.45, 2.75) is 64.2 Å². The molecular formula is C27H33NO. The van der Waals surface area contributed by atoms with Gasteiger partial charge in [0.05, 0.1) is 0 Å². The lowest BCUT2D eigenvalue weighted by molar-refractivity contribution is 0.102. The number of anilines is 1. The first-order valence-corrected chi connectivity index (χ1v) is 11.1. The maximum Gasteiger partial charge on any atom is 0.255 e. The second-order valence-corrected chi connectivity index (χ2v) is 9.77. The predicted molar refractivity (Wildman–Crippen MR) is 121 cm³/mol. The van der Waals surface area contributed by atoms with Crippen LogP contribution >= 0.6 is 0 Å². The van der Waals surface area contributed by atoms with Crippen LogP contribution in [0.15, 0.2) is 60.7 Å². The second-order valence-electron chi connectivity index (χ2n) is 9.77. The Hall–Kier alpha value is -2.35. The first-order valence-electron chi connectivity index (χ1n) is 11.1. The van der Waals surface area contributed by atoms with Crippen molar-refractivity contribution in [3.63, 3.8) is 0 Å². The van der Waals surface area contributed by atoms with E-state index in [-0.39, 0.29) is 11.3 Å². The molecule has 1 amide bonds. The molecule has 2 heteroatoms. The van der Waals surface area contributed by atoms with Crippen molar-refractivity contribution >= 4 is 11.6 Å². The molecule has 2 aliphatic carbocycles. The molecule has 1 saturated carbocycles. The molecule has 1 fully saturated rings. The minimum atomic E-state index is -0.0678. The number of hydrogen-bond donors (Lipinski definition) is 1. The zero-order chi connectivity index (χ0) is 20.4. The molecule has 0 aliphatic heterocycles. The number of nitrogens with one attached hydrogen (secondary N) is 1. The van der Waals surface area contributed by atoms with Crippen molar-refractivity contribution in [3.8, 4) is 0 Å². The summed E-state index contributed by atoms with van der Waals surface area (Å²) in [6.45, 7) is 6.43. The van der Waals surface area contributed by atoms with Gasteiger partial charge in [0.2, 0.25) is 0 Å². The predicted octanol–water partition coefficient (Wildman–Crippen LogP) is 7.09. The molecule has 0 saturated heterocycles. The van der Waals surface area contributed by atoms with E-state index in [0.717, 1.165) is 28.7 Å². The molecular weight excluding hydrogens is 354 g/mol. The second kappa shape index (κ2) is 8.18. The smallest absolute Gasteiger partial charge is 0.255 e. The van der Waals surface area contributed by atoms with E-state index in [0.29, 0.717) is 5.92 Å². The fraction of sp³-hybridized carbons (Fsp3) is 0.444. The van der Waals surface area contributed by atoms with Gasteiger partial charge in [0.1, 0.15) is 0 Å². The van der Waals surface area contributed by atoms with Gasteiger partial charge >= 0.3 is 0 Å². The number of carbonyl (C=O) groups is 1. The molecule has 2 aromatic rings. The van der Waals surface area contributed by atoms with Crippen molar-refractivity contribution < 1.29 is 4.79 Å². The molecule has 2 nitrogen and oxygen atoms in total. The van der Waals surface area contributed by atoms with Gasteiger partial charge in [0.25, 0.3) is 5.91 Å². The topological polar surface area (TPSA) is 29.1 Å². The van der Waals surface area contributed by atoms with Gasteiger partial charge in [-0.15, -0.1) is 0 Å². The van der Waals surface area contributed by atoms with Crippen LogP contribution in [0.5, 0.6) is 0 Å². The molecule has 0 bridgehead atoms. The minimum Gasteiger partial charge on any atom is -0.322 e. The Morgan fingerprint density at radius 3 is 2.45 bits per heavy atom. The van der Waals surface area contributed by atoms with Gasteiger partial charge in [-0.3, -0.25) is 4.79 Å². The van der Waals surface area contributed by atoms with Gasteiger partial charge in [-0.25, -0.2) is 0 Å². The Bertz CT molecular complexity index is 887. The molecule has 4 rings (SSSR count). The molecule has 2 aliphatic rings. The van der Waals surface area contributed by atoms with Crippen LogP contribution in [0.25, 0.3) is 0 Å². The molecule has 29 heavy (non-hydrogen) atoms. The molecule has 152 valence electrons. The number of carbonyl (C=O) groups excluding carboxylic acids is 1. The number of rotatable bonds is 3. The van der Waals surface area contributed by atoms with Gasteiger partial charge < -0.3 is 5.32 Å². The molecule has 1 N–H and O–H groups in total. The third-order valence-electron chi connectivity index (χ3n) is 6.74. The average molecular weight is 388 g/mol. The largest absolute Gasteiger partial charge is 0.322 e. The average Bonchev–Trinajstić information content (AvgIpc) is 2.73. The quantitative estimate of drug-likeness (QED) is 0.560. The summed E-state index contributed by atoms with van der Waals surface area (Å²) >= 11 is 0. The van der Waals surface area contributed by atoms with E-state index in [2.05, 4.69) is 62.5 Å². The summed E-state index contributed by atoms with van der Waals surface area (Å²) < 4.78 is 0. The van der Waals surface area contributed by atoms with Crippen LogP contribution in [-0.2, 0) is 5.41 Å². The van der Waals surface area contributed by atoms with E-state index in [4.69, 9.17) is 0 Å². The van der Waals surface area contributed by atoms with Crippen LogP contribution in [0.1, 0.15) is 80.3 Å². The zero-order valence-corrected chi connectivity index (χ0v) is 17.9. The van der Waals surface area contributed by atoms with E-state index in [1.807, 2.05) is 24.3 Å². The van der Waals surface area contributed by atoms with Crippen molar-refractivity contribution in [1.29, 1.82) is 0 Å². The minimum absolute atomic E-state index is 0.0341. The first-order chi connectivity index (χ1) is 13.9. The Balaban J connectivity index is 1.50. The van der Waals surface area contributed by atoms with Crippen molar-refractivity contribution in [2.24, 2.45) is 11.8 Å². The van der Waals surface area contributed by atoms with E-state index in [1.54, 1.807) is 0 Å². The highest BCUT2D eigenvalue weighted by Gasteiger charge is 2.33. The maximum atomic E-state index is 12.9. The van der Waals surface area contributed by atoms with Gasteiger partial charge in [-0.2, -0.15) is 0 Å². The van der Waals surface area contributed by atoms with E-state index in [1.165, 1.54) is 37.7 Å². The SMILES string of the molecule is CC(C)(C)c1ccccc1C(=O)Nc1ccc(C2C=CCC3CCCCC32)cc1. The van der Waals surface area contributed by atoms with Crippen molar-refractivity contribution in [1.82, 2.24) is 0 Å².